The number of hydrogen-bond acceptors (Lipinski definition) is 2. The summed E-state index contributed by atoms with van der Waals surface area (Å²) in [6, 6.07) is 17.7. The zero-order chi connectivity index (χ0) is 16.1. The van der Waals surface area contributed by atoms with Gasteiger partial charge >= 0.3 is 0 Å². The van der Waals surface area contributed by atoms with E-state index in [1.807, 2.05) is 42.5 Å². The fourth-order valence-corrected chi connectivity index (χ4v) is 2.98. The molecular formula is C19H20N2O2. The summed E-state index contributed by atoms with van der Waals surface area (Å²) in [4.78, 5) is 23.9. The van der Waals surface area contributed by atoms with Crippen molar-refractivity contribution in [3.05, 3.63) is 71.3 Å². The third-order valence-corrected chi connectivity index (χ3v) is 4.12. The van der Waals surface area contributed by atoms with Crippen LogP contribution >= 0.6 is 0 Å². The van der Waals surface area contributed by atoms with Crippen molar-refractivity contribution in [1.29, 1.82) is 0 Å². The minimum absolute atomic E-state index is 0.0182. The molecular weight excluding hydrogens is 288 g/mol. The van der Waals surface area contributed by atoms with Crippen LogP contribution < -0.4 is 10.6 Å². The highest BCUT2D eigenvalue weighted by Gasteiger charge is 2.23. The van der Waals surface area contributed by atoms with E-state index >= 15 is 0 Å². The lowest BCUT2D eigenvalue weighted by atomic mass is 10.1. The fraction of sp³-hybridized carbons (Fsp3) is 0.263. The maximum atomic E-state index is 12.0. The number of carbonyl (C=O) groups excluding carboxylic acids is 2. The number of hydrogen-bond donors (Lipinski definition) is 2. The number of amides is 2. The Balaban J connectivity index is 1.46. The van der Waals surface area contributed by atoms with Crippen LogP contribution in [-0.2, 0) is 22.4 Å². The first-order valence-electron chi connectivity index (χ1n) is 7.90. The minimum atomic E-state index is -0.145. The van der Waals surface area contributed by atoms with Crippen LogP contribution in [-0.4, -0.2) is 18.4 Å². The van der Waals surface area contributed by atoms with E-state index in [1.54, 1.807) is 0 Å². The Morgan fingerprint density at radius 1 is 0.957 bits per heavy atom. The van der Waals surface area contributed by atoms with E-state index in [0.717, 1.165) is 18.4 Å². The van der Waals surface area contributed by atoms with E-state index < -0.39 is 0 Å². The predicted octanol–water partition coefficient (Wildman–Crippen LogP) is 2.15. The molecule has 4 heteroatoms. The average molecular weight is 308 g/mol. The van der Waals surface area contributed by atoms with Gasteiger partial charge in [0.05, 0.1) is 19.0 Å². The molecule has 0 fully saturated rings. The summed E-state index contributed by atoms with van der Waals surface area (Å²) in [6.45, 7) is 0.0182. The molecule has 1 aliphatic rings. The summed E-state index contributed by atoms with van der Waals surface area (Å²) < 4.78 is 0. The Kier molecular flexibility index (Phi) is 4.71. The highest BCUT2D eigenvalue weighted by Crippen LogP contribution is 2.30. The number of aryl methyl sites for hydroxylation is 1. The summed E-state index contributed by atoms with van der Waals surface area (Å²) in [6.07, 6.45) is 2.20. The van der Waals surface area contributed by atoms with Crippen molar-refractivity contribution in [2.45, 2.75) is 25.3 Å². The summed E-state index contributed by atoms with van der Waals surface area (Å²) in [5, 5.41) is 5.68. The number of nitrogens with one attached hydrogen (secondary N) is 2. The lowest BCUT2D eigenvalue weighted by Crippen LogP contribution is -2.38. The quantitative estimate of drug-likeness (QED) is 0.889. The Hall–Kier alpha value is -2.62. The van der Waals surface area contributed by atoms with Gasteiger partial charge < -0.3 is 10.6 Å². The Morgan fingerprint density at radius 2 is 1.70 bits per heavy atom. The summed E-state index contributed by atoms with van der Waals surface area (Å²) in [5.41, 5.74) is 3.43. The molecule has 2 N–H and O–H groups in total. The highest BCUT2D eigenvalue weighted by atomic mass is 16.2. The molecule has 1 atom stereocenters. The number of fused-ring (bicyclic) bond motifs is 1. The summed E-state index contributed by atoms with van der Waals surface area (Å²) in [5.74, 6) is -0.286. The number of carbonyl (C=O) groups is 2. The Bertz CT molecular complexity index is 698. The standard InChI is InChI=1S/C19H20N2O2/c22-18(12-14-6-2-1-3-7-14)20-13-19(23)21-17-11-10-15-8-4-5-9-16(15)17/h1-9,17H,10-13H2,(H,20,22)(H,21,23)/t17-/m1/s1. The molecule has 0 heterocycles. The van der Waals surface area contributed by atoms with Gasteiger partial charge in [-0.1, -0.05) is 54.6 Å². The third-order valence-electron chi connectivity index (χ3n) is 4.12. The molecule has 0 radical (unpaired) electrons. The van der Waals surface area contributed by atoms with Crippen molar-refractivity contribution in [3.63, 3.8) is 0 Å². The van der Waals surface area contributed by atoms with E-state index in [-0.39, 0.29) is 24.4 Å². The molecule has 118 valence electrons. The van der Waals surface area contributed by atoms with Gasteiger partial charge in [-0.2, -0.15) is 0 Å². The second-order valence-corrected chi connectivity index (χ2v) is 5.80. The van der Waals surface area contributed by atoms with Crippen molar-refractivity contribution in [2.75, 3.05) is 6.54 Å². The highest BCUT2D eigenvalue weighted by molar-refractivity contribution is 5.85. The number of rotatable bonds is 5. The molecule has 4 nitrogen and oxygen atoms in total. The van der Waals surface area contributed by atoms with Crippen molar-refractivity contribution in [3.8, 4) is 0 Å². The molecule has 0 saturated carbocycles. The largest absolute Gasteiger partial charge is 0.348 e. The van der Waals surface area contributed by atoms with E-state index in [1.165, 1.54) is 11.1 Å². The zero-order valence-corrected chi connectivity index (χ0v) is 12.9. The van der Waals surface area contributed by atoms with Crippen molar-refractivity contribution in [1.82, 2.24) is 10.6 Å². The van der Waals surface area contributed by atoms with Crippen LogP contribution in [0, 0.1) is 0 Å². The molecule has 2 aromatic rings. The number of benzene rings is 2. The third kappa shape index (κ3) is 3.97. The van der Waals surface area contributed by atoms with Gasteiger partial charge in [-0.05, 0) is 29.5 Å². The molecule has 0 spiro atoms. The topological polar surface area (TPSA) is 58.2 Å². The van der Waals surface area contributed by atoms with Gasteiger partial charge in [0.1, 0.15) is 0 Å². The van der Waals surface area contributed by atoms with Crippen LogP contribution in [0.5, 0.6) is 0 Å². The van der Waals surface area contributed by atoms with E-state index in [0.29, 0.717) is 6.42 Å². The van der Waals surface area contributed by atoms with Crippen LogP contribution in [0.3, 0.4) is 0 Å². The molecule has 23 heavy (non-hydrogen) atoms. The van der Waals surface area contributed by atoms with Gasteiger partial charge in [0, 0.05) is 0 Å². The molecule has 2 amide bonds. The van der Waals surface area contributed by atoms with Crippen molar-refractivity contribution in [2.24, 2.45) is 0 Å². The van der Waals surface area contributed by atoms with Gasteiger partial charge in [-0.15, -0.1) is 0 Å². The molecule has 3 rings (SSSR count). The van der Waals surface area contributed by atoms with Crippen molar-refractivity contribution < 1.29 is 9.59 Å². The van der Waals surface area contributed by atoms with E-state index in [4.69, 9.17) is 0 Å². The monoisotopic (exact) mass is 308 g/mol. The molecule has 0 bridgehead atoms. The van der Waals surface area contributed by atoms with E-state index in [2.05, 4.69) is 22.8 Å². The second-order valence-electron chi connectivity index (χ2n) is 5.80. The average Bonchev–Trinajstić information content (AvgIpc) is 2.97. The van der Waals surface area contributed by atoms with Crippen molar-refractivity contribution >= 4 is 11.8 Å². The van der Waals surface area contributed by atoms with Gasteiger partial charge in [-0.3, -0.25) is 9.59 Å². The van der Waals surface area contributed by atoms with Gasteiger partial charge in [0.25, 0.3) is 0 Å². The molecule has 0 aliphatic heterocycles. The predicted molar refractivity (Wildman–Crippen MR) is 88.8 cm³/mol. The van der Waals surface area contributed by atoms with Gasteiger partial charge in [-0.25, -0.2) is 0 Å². The first-order chi connectivity index (χ1) is 11.2. The van der Waals surface area contributed by atoms with E-state index in [9.17, 15) is 9.59 Å². The first kappa shape index (κ1) is 15.3. The van der Waals surface area contributed by atoms with Gasteiger partial charge in [0.15, 0.2) is 0 Å². The zero-order valence-electron chi connectivity index (χ0n) is 12.9. The SMILES string of the molecule is O=C(Cc1ccccc1)NCC(=O)N[C@@H]1CCc2ccccc21. The Labute approximate surface area is 135 Å². The van der Waals surface area contributed by atoms with Crippen LogP contribution in [0.15, 0.2) is 54.6 Å². The van der Waals surface area contributed by atoms with Crippen LogP contribution in [0.2, 0.25) is 0 Å². The Morgan fingerprint density at radius 3 is 2.52 bits per heavy atom. The molecule has 0 unspecified atom stereocenters. The molecule has 0 saturated heterocycles. The second kappa shape index (κ2) is 7.09. The van der Waals surface area contributed by atoms with Crippen LogP contribution in [0.4, 0.5) is 0 Å². The fourth-order valence-electron chi connectivity index (χ4n) is 2.98. The minimum Gasteiger partial charge on any atom is -0.348 e. The normalized spacial score (nSPS) is 15.7. The lowest BCUT2D eigenvalue weighted by Gasteiger charge is -2.14. The van der Waals surface area contributed by atoms with Gasteiger partial charge in [0.2, 0.25) is 11.8 Å². The smallest absolute Gasteiger partial charge is 0.239 e. The summed E-state index contributed by atoms with van der Waals surface area (Å²) in [7, 11) is 0. The van der Waals surface area contributed by atoms with Crippen LogP contribution in [0.1, 0.15) is 29.2 Å². The lowest BCUT2D eigenvalue weighted by molar-refractivity contribution is -0.126. The van der Waals surface area contributed by atoms with Crippen LogP contribution in [0.25, 0.3) is 0 Å². The molecule has 1 aliphatic carbocycles. The maximum absolute atomic E-state index is 12.0. The summed E-state index contributed by atoms with van der Waals surface area (Å²) >= 11 is 0. The molecule has 2 aromatic carbocycles. The molecule has 0 aromatic heterocycles. The first-order valence-corrected chi connectivity index (χ1v) is 7.90. The maximum Gasteiger partial charge on any atom is 0.239 e.